The molecule has 0 radical (unpaired) electrons. The SMILES string of the molecule is COC(=O)c1nc(C)cc(N(CCO)CC(F)(F)F)n1. The summed E-state index contributed by atoms with van der Waals surface area (Å²) in [6.07, 6.45) is -4.46. The van der Waals surface area contributed by atoms with Gasteiger partial charge < -0.3 is 14.7 Å². The van der Waals surface area contributed by atoms with Crippen LogP contribution >= 0.6 is 0 Å². The molecule has 0 bridgehead atoms. The largest absolute Gasteiger partial charge is 0.463 e. The molecule has 0 aliphatic rings. The third-order valence-corrected chi connectivity index (χ3v) is 2.27. The standard InChI is InChI=1S/C11H14F3N3O3/c1-7-5-8(16-9(15-7)10(19)20-2)17(3-4-18)6-11(12,13)14/h5,18H,3-4,6H2,1-2H3. The Balaban J connectivity index is 3.12. The van der Waals surface area contributed by atoms with Crippen LogP contribution in [0.4, 0.5) is 19.0 Å². The van der Waals surface area contributed by atoms with Gasteiger partial charge in [-0.25, -0.2) is 14.8 Å². The van der Waals surface area contributed by atoms with E-state index in [1.54, 1.807) is 0 Å². The zero-order valence-electron chi connectivity index (χ0n) is 10.9. The number of halogens is 3. The average Bonchev–Trinajstić information content (AvgIpc) is 2.35. The summed E-state index contributed by atoms with van der Waals surface area (Å²) < 4.78 is 41.9. The number of aliphatic hydroxyl groups is 1. The van der Waals surface area contributed by atoms with Gasteiger partial charge in [-0.15, -0.1) is 0 Å². The van der Waals surface area contributed by atoms with Crippen molar-refractivity contribution in [2.24, 2.45) is 0 Å². The van der Waals surface area contributed by atoms with Crippen molar-refractivity contribution in [2.75, 3.05) is 31.7 Å². The summed E-state index contributed by atoms with van der Waals surface area (Å²) in [5.41, 5.74) is 0.320. The smallest absolute Gasteiger partial charge is 0.405 e. The maximum Gasteiger partial charge on any atom is 0.405 e. The van der Waals surface area contributed by atoms with Crippen molar-refractivity contribution in [1.82, 2.24) is 9.97 Å². The first-order valence-electron chi connectivity index (χ1n) is 5.63. The molecule has 1 aromatic heterocycles. The normalized spacial score (nSPS) is 11.3. The number of ether oxygens (including phenoxy) is 1. The molecule has 0 amide bonds. The van der Waals surface area contributed by atoms with Gasteiger partial charge in [0.05, 0.1) is 13.7 Å². The van der Waals surface area contributed by atoms with Gasteiger partial charge in [0.2, 0.25) is 5.82 Å². The highest BCUT2D eigenvalue weighted by atomic mass is 19.4. The van der Waals surface area contributed by atoms with Crippen LogP contribution in [0.15, 0.2) is 6.07 Å². The summed E-state index contributed by atoms with van der Waals surface area (Å²) in [6, 6.07) is 1.30. The lowest BCUT2D eigenvalue weighted by molar-refractivity contribution is -0.120. The van der Waals surface area contributed by atoms with Crippen LogP contribution < -0.4 is 4.90 Å². The Morgan fingerprint density at radius 3 is 2.60 bits per heavy atom. The molecule has 6 nitrogen and oxygen atoms in total. The van der Waals surface area contributed by atoms with Crippen molar-refractivity contribution >= 4 is 11.8 Å². The lowest BCUT2D eigenvalue weighted by Crippen LogP contribution is -2.37. The molecular formula is C11H14F3N3O3. The van der Waals surface area contributed by atoms with Crippen molar-refractivity contribution in [1.29, 1.82) is 0 Å². The molecule has 112 valence electrons. The van der Waals surface area contributed by atoms with Gasteiger partial charge in [-0.2, -0.15) is 13.2 Å². The van der Waals surface area contributed by atoms with Gasteiger partial charge in [-0.1, -0.05) is 0 Å². The van der Waals surface area contributed by atoms with E-state index < -0.39 is 25.3 Å². The van der Waals surface area contributed by atoms with E-state index in [2.05, 4.69) is 14.7 Å². The molecule has 0 aromatic carbocycles. The van der Waals surface area contributed by atoms with Crippen LogP contribution in [0.2, 0.25) is 0 Å². The molecule has 0 saturated heterocycles. The van der Waals surface area contributed by atoms with Gasteiger partial charge >= 0.3 is 12.1 Å². The number of hydrogen-bond acceptors (Lipinski definition) is 6. The number of carbonyl (C=O) groups is 1. The Kier molecular flexibility index (Phi) is 5.26. The summed E-state index contributed by atoms with van der Waals surface area (Å²) in [5.74, 6) is -1.26. The average molecular weight is 293 g/mol. The predicted molar refractivity (Wildman–Crippen MR) is 63.5 cm³/mol. The molecule has 1 rings (SSSR count). The van der Waals surface area contributed by atoms with Gasteiger partial charge in [0.15, 0.2) is 0 Å². The number of alkyl halides is 3. The molecule has 0 fully saturated rings. The Morgan fingerprint density at radius 2 is 2.10 bits per heavy atom. The molecule has 0 aliphatic heterocycles. The third-order valence-electron chi connectivity index (χ3n) is 2.27. The van der Waals surface area contributed by atoms with E-state index in [1.165, 1.54) is 13.0 Å². The van der Waals surface area contributed by atoms with Crippen LogP contribution in [-0.4, -0.2) is 54.0 Å². The molecule has 9 heteroatoms. The van der Waals surface area contributed by atoms with Crippen LogP contribution in [0.3, 0.4) is 0 Å². The minimum Gasteiger partial charge on any atom is -0.463 e. The van der Waals surface area contributed by atoms with Gasteiger partial charge in [-0.3, -0.25) is 0 Å². The second kappa shape index (κ2) is 6.51. The molecule has 1 N–H and O–H groups in total. The fraction of sp³-hybridized carbons (Fsp3) is 0.545. The number of nitrogens with zero attached hydrogens (tertiary/aromatic N) is 3. The number of aryl methyl sites for hydroxylation is 1. The van der Waals surface area contributed by atoms with Crippen molar-refractivity contribution in [3.8, 4) is 0 Å². The second-order valence-corrected chi connectivity index (χ2v) is 3.94. The Labute approximate surface area is 113 Å². The van der Waals surface area contributed by atoms with E-state index in [1.807, 2.05) is 0 Å². The number of anilines is 1. The maximum absolute atomic E-state index is 12.5. The van der Waals surface area contributed by atoms with Gasteiger partial charge in [0.25, 0.3) is 0 Å². The van der Waals surface area contributed by atoms with Gasteiger partial charge in [-0.05, 0) is 6.92 Å². The fourth-order valence-electron chi connectivity index (χ4n) is 1.51. The van der Waals surface area contributed by atoms with Crippen LogP contribution in [0.1, 0.15) is 16.3 Å². The van der Waals surface area contributed by atoms with Crippen LogP contribution in [0.25, 0.3) is 0 Å². The Bertz CT molecular complexity index is 480. The predicted octanol–water partition coefficient (Wildman–Crippen LogP) is 0.933. The molecule has 1 aromatic rings. The zero-order valence-corrected chi connectivity index (χ0v) is 10.9. The quantitative estimate of drug-likeness (QED) is 0.814. The van der Waals surface area contributed by atoms with Gasteiger partial charge in [0, 0.05) is 18.3 Å². The van der Waals surface area contributed by atoms with Crippen LogP contribution in [0, 0.1) is 6.92 Å². The highest BCUT2D eigenvalue weighted by molar-refractivity contribution is 5.85. The Hall–Kier alpha value is -1.90. The highest BCUT2D eigenvalue weighted by Gasteiger charge is 2.31. The molecule has 0 saturated carbocycles. The zero-order chi connectivity index (χ0) is 15.3. The first kappa shape index (κ1) is 16.2. The maximum atomic E-state index is 12.5. The summed E-state index contributed by atoms with van der Waals surface area (Å²) in [7, 11) is 1.12. The van der Waals surface area contributed by atoms with Crippen molar-refractivity contribution in [3.05, 3.63) is 17.6 Å². The van der Waals surface area contributed by atoms with E-state index in [4.69, 9.17) is 5.11 Å². The van der Waals surface area contributed by atoms with Crippen LogP contribution in [-0.2, 0) is 4.74 Å². The molecule has 1 heterocycles. The number of hydrogen-bond donors (Lipinski definition) is 1. The van der Waals surface area contributed by atoms with E-state index >= 15 is 0 Å². The second-order valence-electron chi connectivity index (χ2n) is 3.94. The van der Waals surface area contributed by atoms with Gasteiger partial charge in [0.1, 0.15) is 12.4 Å². The van der Waals surface area contributed by atoms with E-state index in [0.29, 0.717) is 5.69 Å². The number of aliphatic hydroxyl groups excluding tert-OH is 1. The van der Waals surface area contributed by atoms with E-state index in [9.17, 15) is 18.0 Å². The fourth-order valence-corrected chi connectivity index (χ4v) is 1.51. The van der Waals surface area contributed by atoms with E-state index in [0.717, 1.165) is 12.0 Å². The lowest BCUT2D eigenvalue weighted by Gasteiger charge is -2.24. The first-order chi connectivity index (χ1) is 9.26. The summed E-state index contributed by atoms with van der Waals surface area (Å²) >= 11 is 0. The summed E-state index contributed by atoms with van der Waals surface area (Å²) in [4.78, 5) is 19.7. The Morgan fingerprint density at radius 1 is 1.45 bits per heavy atom. The summed E-state index contributed by atoms with van der Waals surface area (Å²) in [6.45, 7) is -0.518. The van der Waals surface area contributed by atoms with E-state index in [-0.39, 0.29) is 18.2 Å². The number of rotatable bonds is 5. The summed E-state index contributed by atoms with van der Waals surface area (Å²) in [5, 5.41) is 8.84. The number of esters is 1. The topological polar surface area (TPSA) is 75.5 Å². The molecule has 0 atom stereocenters. The molecular weight excluding hydrogens is 279 g/mol. The molecule has 0 unspecified atom stereocenters. The monoisotopic (exact) mass is 293 g/mol. The third kappa shape index (κ3) is 4.65. The minimum absolute atomic E-state index is 0.0933. The van der Waals surface area contributed by atoms with Crippen molar-refractivity contribution < 1.29 is 27.8 Å². The lowest BCUT2D eigenvalue weighted by atomic mass is 10.3. The van der Waals surface area contributed by atoms with Crippen LogP contribution in [0.5, 0.6) is 0 Å². The van der Waals surface area contributed by atoms with Crippen molar-refractivity contribution in [2.45, 2.75) is 13.1 Å². The molecule has 20 heavy (non-hydrogen) atoms. The highest BCUT2D eigenvalue weighted by Crippen LogP contribution is 2.21. The number of methoxy groups -OCH3 is 1. The van der Waals surface area contributed by atoms with Crippen molar-refractivity contribution in [3.63, 3.8) is 0 Å². The molecule has 0 aliphatic carbocycles. The molecule has 0 spiro atoms. The number of carbonyl (C=O) groups excluding carboxylic acids is 1. The minimum atomic E-state index is -4.46. The number of aromatic nitrogens is 2. The first-order valence-corrected chi connectivity index (χ1v) is 5.63.